The molecule has 0 aliphatic carbocycles. The first kappa shape index (κ1) is 35.5. The Balaban J connectivity index is 3.65. The summed E-state index contributed by atoms with van der Waals surface area (Å²) in [6.07, 6.45) is 15.9. The van der Waals surface area contributed by atoms with Gasteiger partial charge in [0.2, 0.25) is 0 Å². The van der Waals surface area contributed by atoms with Crippen molar-refractivity contribution in [1.29, 1.82) is 21.6 Å². The van der Waals surface area contributed by atoms with Crippen molar-refractivity contribution in [1.82, 2.24) is 31.9 Å². The fourth-order valence-corrected chi connectivity index (χ4v) is 4.19. The van der Waals surface area contributed by atoms with E-state index in [4.69, 9.17) is 21.6 Å². The molecule has 10 nitrogen and oxygen atoms in total. The maximum absolute atomic E-state index is 7.97. The molecule has 0 aliphatic heterocycles. The maximum atomic E-state index is 7.97. The minimum Gasteiger partial charge on any atom is -0.356 e. The Morgan fingerprint density at radius 3 is 1.16 bits per heavy atom. The van der Waals surface area contributed by atoms with Crippen LogP contribution in [0.5, 0.6) is 0 Å². The van der Waals surface area contributed by atoms with Crippen molar-refractivity contribution in [3.63, 3.8) is 0 Å². The molecule has 38 heavy (non-hydrogen) atoms. The molecule has 0 amide bonds. The smallest absolute Gasteiger partial charge is 0.195 e. The van der Waals surface area contributed by atoms with Gasteiger partial charge in [0.1, 0.15) is 0 Å². The van der Waals surface area contributed by atoms with E-state index in [1.807, 2.05) is 0 Å². The topological polar surface area (TPSA) is 168 Å². The molecule has 10 N–H and O–H groups in total. The molecule has 0 heterocycles. The van der Waals surface area contributed by atoms with Crippen LogP contribution in [0.2, 0.25) is 0 Å². The van der Waals surface area contributed by atoms with Crippen LogP contribution >= 0.6 is 0 Å². The Morgan fingerprint density at radius 2 is 0.816 bits per heavy atom. The van der Waals surface area contributed by atoms with Crippen LogP contribution in [-0.4, -0.2) is 50.0 Å². The molecule has 0 aromatic carbocycles. The van der Waals surface area contributed by atoms with E-state index >= 15 is 0 Å². The summed E-state index contributed by atoms with van der Waals surface area (Å²) in [7, 11) is 0. The zero-order chi connectivity index (χ0) is 28.4. The third-order valence-electron chi connectivity index (χ3n) is 6.93. The standard InChI is InChI=1S/C28H60N10/c1-5-9-17-23(7-3)21-35-27(31)37-25(29)33-19-15-13-11-12-14-16-20-34-26(30)38-28(32)36-22-24(8-4)18-10-6-2/h23-24H,5-22H2,1-4H3,(H5,29,31,33,35,37)(H5,30,32,34,36,38). The van der Waals surface area contributed by atoms with Gasteiger partial charge >= 0.3 is 0 Å². The zero-order valence-corrected chi connectivity index (χ0v) is 24.9. The molecule has 2 atom stereocenters. The minimum atomic E-state index is 0.177. The van der Waals surface area contributed by atoms with E-state index in [9.17, 15) is 0 Å². The van der Waals surface area contributed by atoms with Crippen LogP contribution in [-0.2, 0) is 0 Å². The van der Waals surface area contributed by atoms with Gasteiger partial charge in [-0.3, -0.25) is 32.3 Å². The van der Waals surface area contributed by atoms with Crippen LogP contribution in [0.25, 0.3) is 0 Å². The average molecular weight is 537 g/mol. The minimum absolute atomic E-state index is 0.177. The van der Waals surface area contributed by atoms with Gasteiger partial charge in [0, 0.05) is 26.2 Å². The lowest BCUT2D eigenvalue weighted by atomic mass is 9.99. The molecule has 222 valence electrons. The predicted molar refractivity (Wildman–Crippen MR) is 164 cm³/mol. The predicted octanol–water partition coefficient (Wildman–Crippen LogP) is 5.04. The molecule has 0 aromatic rings. The Bertz CT molecular complexity index is 583. The first-order valence-electron chi connectivity index (χ1n) is 15.2. The lowest BCUT2D eigenvalue weighted by molar-refractivity contribution is 0.444. The Kier molecular flexibility index (Phi) is 23.2. The third-order valence-corrected chi connectivity index (χ3v) is 6.93. The molecule has 0 aliphatic rings. The monoisotopic (exact) mass is 537 g/mol. The highest BCUT2D eigenvalue weighted by atomic mass is 15.2. The van der Waals surface area contributed by atoms with E-state index in [0.29, 0.717) is 11.8 Å². The van der Waals surface area contributed by atoms with Crippen LogP contribution in [0, 0.1) is 33.5 Å². The van der Waals surface area contributed by atoms with Crippen molar-refractivity contribution >= 4 is 23.8 Å². The van der Waals surface area contributed by atoms with Crippen molar-refractivity contribution < 1.29 is 0 Å². The summed E-state index contributed by atoms with van der Waals surface area (Å²) in [4.78, 5) is 0. The first-order valence-corrected chi connectivity index (χ1v) is 15.2. The number of nitrogens with one attached hydrogen (secondary N) is 10. The summed E-state index contributed by atoms with van der Waals surface area (Å²) in [6.45, 7) is 11.8. The van der Waals surface area contributed by atoms with Crippen molar-refractivity contribution in [2.75, 3.05) is 26.2 Å². The molecule has 0 rings (SSSR count). The lowest BCUT2D eigenvalue weighted by Crippen LogP contribution is -2.47. The van der Waals surface area contributed by atoms with Crippen LogP contribution in [0.15, 0.2) is 0 Å². The number of hydrogen-bond acceptors (Lipinski definition) is 4. The molecular weight excluding hydrogens is 476 g/mol. The van der Waals surface area contributed by atoms with Crippen LogP contribution < -0.4 is 31.9 Å². The van der Waals surface area contributed by atoms with Crippen molar-refractivity contribution in [2.24, 2.45) is 11.8 Å². The fourth-order valence-electron chi connectivity index (χ4n) is 4.19. The number of unbranched alkanes of at least 4 members (excludes halogenated alkanes) is 7. The summed E-state index contributed by atoms with van der Waals surface area (Å²) in [5, 5.41) is 49.7. The van der Waals surface area contributed by atoms with E-state index in [1.54, 1.807) is 0 Å². The summed E-state index contributed by atoms with van der Waals surface area (Å²) >= 11 is 0. The molecular formula is C28H60N10. The van der Waals surface area contributed by atoms with Gasteiger partial charge in [0.15, 0.2) is 23.8 Å². The van der Waals surface area contributed by atoms with Gasteiger partial charge in [0.25, 0.3) is 0 Å². The third kappa shape index (κ3) is 21.6. The Morgan fingerprint density at radius 1 is 0.474 bits per heavy atom. The van der Waals surface area contributed by atoms with Gasteiger partial charge in [-0.05, 0) is 37.5 Å². The largest absolute Gasteiger partial charge is 0.356 e. The second-order valence-electron chi connectivity index (χ2n) is 10.3. The molecule has 10 heteroatoms. The highest BCUT2D eigenvalue weighted by Crippen LogP contribution is 2.11. The highest BCUT2D eigenvalue weighted by molar-refractivity contribution is 5.96. The SMILES string of the molecule is CCCCC(CC)CNC(=N)NC(=N)NCCCCCCCCNC(=N)NC(=N)NCC(CC)CCCC. The summed E-state index contributed by atoms with van der Waals surface area (Å²) in [5.41, 5.74) is 0. The normalized spacial score (nSPS) is 12.2. The second-order valence-corrected chi connectivity index (χ2v) is 10.3. The molecule has 0 saturated heterocycles. The van der Waals surface area contributed by atoms with Gasteiger partial charge in [-0.25, -0.2) is 0 Å². The maximum Gasteiger partial charge on any atom is 0.195 e. The van der Waals surface area contributed by atoms with Gasteiger partial charge < -0.3 is 21.3 Å². The summed E-state index contributed by atoms with van der Waals surface area (Å²) in [5.74, 6) is 1.89. The molecule has 0 bridgehead atoms. The van der Waals surface area contributed by atoms with E-state index < -0.39 is 0 Å². The second kappa shape index (κ2) is 24.8. The van der Waals surface area contributed by atoms with Gasteiger partial charge in [0.05, 0.1) is 0 Å². The zero-order valence-electron chi connectivity index (χ0n) is 24.9. The molecule has 2 unspecified atom stereocenters. The quantitative estimate of drug-likeness (QED) is 0.0560. The van der Waals surface area contributed by atoms with Gasteiger partial charge in [-0.15, -0.1) is 0 Å². The molecule has 0 spiro atoms. The van der Waals surface area contributed by atoms with Gasteiger partial charge in [-0.1, -0.05) is 91.9 Å². The van der Waals surface area contributed by atoms with E-state index in [0.717, 1.165) is 77.5 Å². The van der Waals surface area contributed by atoms with Crippen LogP contribution in [0.1, 0.15) is 118 Å². The fraction of sp³-hybridized carbons (Fsp3) is 0.857. The molecule has 0 aromatic heterocycles. The van der Waals surface area contributed by atoms with Crippen molar-refractivity contribution in [2.45, 2.75) is 118 Å². The van der Waals surface area contributed by atoms with E-state index in [1.165, 1.54) is 38.5 Å². The molecule has 0 saturated carbocycles. The van der Waals surface area contributed by atoms with Crippen molar-refractivity contribution in [3.05, 3.63) is 0 Å². The van der Waals surface area contributed by atoms with Crippen molar-refractivity contribution in [3.8, 4) is 0 Å². The lowest BCUT2D eigenvalue weighted by Gasteiger charge is -2.17. The average Bonchev–Trinajstić information content (AvgIpc) is 2.89. The number of hydrogen-bond donors (Lipinski definition) is 10. The van der Waals surface area contributed by atoms with E-state index in [-0.39, 0.29) is 23.8 Å². The van der Waals surface area contributed by atoms with Crippen LogP contribution in [0.3, 0.4) is 0 Å². The number of rotatable bonds is 21. The number of guanidine groups is 4. The summed E-state index contributed by atoms with van der Waals surface area (Å²) in [6, 6.07) is 0. The summed E-state index contributed by atoms with van der Waals surface area (Å²) < 4.78 is 0. The molecule has 0 fully saturated rings. The van der Waals surface area contributed by atoms with Crippen LogP contribution in [0.4, 0.5) is 0 Å². The first-order chi connectivity index (χ1) is 18.4. The Labute approximate surface area is 233 Å². The highest BCUT2D eigenvalue weighted by Gasteiger charge is 2.08. The Hall–Kier alpha value is -2.52. The van der Waals surface area contributed by atoms with Gasteiger partial charge in [-0.2, -0.15) is 0 Å². The van der Waals surface area contributed by atoms with E-state index in [2.05, 4.69) is 59.6 Å². The molecule has 0 radical (unpaired) electrons.